The number of hydrogen-bond donors (Lipinski definition) is 2. The van der Waals surface area contributed by atoms with Gasteiger partial charge in [-0.1, -0.05) is 0 Å². The van der Waals surface area contributed by atoms with E-state index in [0.29, 0.717) is 26.2 Å². The van der Waals surface area contributed by atoms with Gasteiger partial charge in [-0.2, -0.15) is 17.4 Å². The summed E-state index contributed by atoms with van der Waals surface area (Å²) in [6.45, 7) is 2.45. The summed E-state index contributed by atoms with van der Waals surface area (Å²) in [5.74, 6) is 0. The number of nitrogens with two attached hydrogens (primary N) is 1. The maximum absolute atomic E-state index is 12.1. The Morgan fingerprint density at radius 1 is 1.05 bits per heavy atom. The van der Waals surface area contributed by atoms with Crippen LogP contribution in [0.5, 0.6) is 0 Å². The van der Waals surface area contributed by atoms with Crippen LogP contribution in [0.2, 0.25) is 0 Å². The van der Waals surface area contributed by atoms with E-state index >= 15 is 0 Å². The number of benzene rings is 1. The van der Waals surface area contributed by atoms with Gasteiger partial charge >= 0.3 is 0 Å². The van der Waals surface area contributed by atoms with E-state index in [2.05, 4.69) is 9.62 Å². The largest absolute Gasteiger partial charge is 0.399 e. The molecule has 6 nitrogen and oxygen atoms in total. The normalized spacial score (nSPS) is 21.1. The molecular formula is C13H20N4O2S. The molecule has 20 heavy (non-hydrogen) atoms. The molecule has 1 aliphatic heterocycles. The lowest BCUT2D eigenvalue weighted by atomic mass is 10.2. The van der Waals surface area contributed by atoms with E-state index < -0.39 is 10.2 Å². The fourth-order valence-electron chi connectivity index (χ4n) is 2.36. The summed E-state index contributed by atoms with van der Waals surface area (Å²) in [7, 11) is -3.30. The standard InChI is InChI=1S/C13H20N4O2S/c14-11-1-5-13(6-2-11)16-7-9-17(10-8-16)20(18,19)15-12-3-4-12/h1-2,5-6,12,15H,3-4,7-10,14H2. The van der Waals surface area contributed by atoms with Crippen LogP contribution in [0.25, 0.3) is 0 Å². The van der Waals surface area contributed by atoms with Gasteiger partial charge in [0.25, 0.3) is 10.2 Å². The van der Waals surface area contributed by atoms with Crippen molar-refractivity contribution >= 4 is 21.6 Å². The number of nitrogens with one attached hydrogen (secondary N) is 1. The minimum Gasteiger partial charge on any atom is -0.399 e. The number of piperazine rings is 1. The minimum absolute atomic E-state index is 0.162. The Balaban J connectivity index is 1.60. The first-order valence-electron chi connectivity index (χ1n) is 6.92. The van der Waals surface area contributed by atoms with Crippen molar-refractivity contribution in [3.05, 3.63) is 24.3 Å². The summed E-state index contributed by atoms with van der Waals surface area (Å²) in [4.78, 5) is 2.18. The van der Waals surface area contributed by atoms with E-state index in [-0.39, 0.29) is 6.04 Å². The summed E-state index contributed by atoms with van der Waals surface area (Å²) >= 11 is 0. The van der Waals surface area contributed by atoms with Gasteiger partial charge < -0.3 is 10.6 Å². The third-order valence-electron chi connectivity index (χ3n) is 3.73. The van der Waals surface area contributed by atoms with Crippen molar-refractivity contribution in [3.8, 4) is 0 Å². The molecule has 1 saturated carbocycles. The van der Waals surface area contributed by atoms with E-state index in [4.69, 9.17) is 5.73 Å². The fourth-order valence-corrected chi connectivity index (χ4v) is 3.81. The second kappa shape index (κ2) is 5.23. The molecule has 3 rings (SSSR count). The zero-order chi connectivity index (χ0) is 14.2. The van der Waals surface area contributed by atoms with Crippen LogP contribution in [0.15, 0.2) is 24.3 Å². The zero-order valence-corrected chi connectivity index (χ0v) is 12.1. The highest BCUT2D eigenvalue weighted by Crippen LogP contribution is 2.22. The van der Waals surface area contributed by atoms with E-state index in [1.54, 1.807) is 4.31 Å². The highest BCUT2D eigenvalue weighted by molar-refractivity contribution is 7.87. The van der Waals surface area contributed by atoms with E-state index in [1.807, 2.05) is 24.3 Å². The van der Waals surface area contributed by atoms with Crippen LogP contribution in [-0.4, -0.2) is 44.9 Å². The van der Waals surface area contributed by atoms with E-state index in [9.17, 15) is 8.42 Å². The maximum atomic E-state index is 12.1. The molecular weight excluding hydrogens is 276 g/mol. The Labute approximate surface area is 119 Å². The number of nitrogens with zero attached hydrogens (tertiary/aromatic N) is 2. The van der Waals surface area contributed by atoms with Crippen molar-refractivity contribution in [2.24, 2.45) is 0 Å². The van der Waals surface area contributed by atoms with Crippen molar-refractivity contribution in [1.29, 1.82) is 0 Å². The predicted octanol–water partition coefficient (Wildman–Crippen LogP) is 0.388. The smallest absolute Gasteiger partial charge is 0.279 e. The lowest BCUT2D eigenvalue weighted by Gasteiger charge is -2.35. The summed E-state index contributed by atoms with van der Waals surface area (Å²) in [5, 5.41) is 0. The molecule has 2 fully saturated rings. The van der Waals surface area contributed by atoms with Gasteiger partial charge in [0, 0.05) is 43.6 Å². The Morgan fingerprint density at radius 3 is 2.20 bits per heavy atom. The van der Waals surface area contributed by atoms with Gasteiger partial charge in [-0.15, -0.1) is 0 Å². The van der Waals surface area contributed by atoms with E-state index in [0.717, 1.165) is 24.2 Å². The second-order valence-corrected chi connectivity index (χ2v) is 7.08. The van der Waals surface area contributed by atoms with Crippen molar-refractivity contribution in [3.63, 3.8) is 0 Å². The molecule has 0 atom stereocenters. The zero-order valence-electron chi connectivity index (χ0n) is 11.3. The molecule has 3 N–H and O–H groups in total. The van der Waals surface area contributed by atoms with Gasteiger partial charge in [0.2, 0.25) is 0 Å². The van der Waals surface area contributed by atoms with Gasteiger partial charge in [-0.05, 0) is 37.1 Å². The summed E-state index contributed by atoms with van der Waals surface area (Å²) in [6.07, 6.45) is 1.93. The monoisotopic (exact) mass is 296 g/mol. The third kappa shape index (κ3) is 3.05. The average Bonchev–Trinajstić information content (AvgIpc) is 3.23. The van der Waals surface area contributed by atoms with Crippen LogP contribution < -0.4 is 15.4 Å². The lowest BCUT2D eigenvalue weighted by Crippen LogP contribution is -2.52. The molecule has 7 heteroatoms. The molecule has 1 aliphatic carbocycles. The maximum Gasteiger partial charge on any atom is 0.279 e. The van der Waals surface area contributed by atoms with Gasteiger partial charge in [0.15, 0.2) is 0 Å². The Hall–Kier alpha value is -1.31. The van der Waals surface area contributed by atoms with Crippen LogP contribution in [0.4, 0.5) is 11.4 Å². The Kier molecular flexibility index (Phi) is 3.57. The van der Waals surface area contributed by atoms with Gasteiger partial charge in [0.05, 0.1) is 0 Å². The first-order chi connectivity index (χ1) is 9.54. The molecule has 0 radical (unpaired) electrons. The summed E-state index contributed by atoms with van der Waals surface area (Å²) in [5.41, 5.74) is 7.50. The van der Waals surface area contributed by atoms with Crippen LogP contribution in [0.3, 0.4) is 0 Å². The number of hydrogen-bond acceptors (Lipinski definition) is 4. The fraction of sp³-hybridized carbons (Fsp3) is 0.538. The molecule has 0 bridgehead atoms. The molecule has 1 aromatic carbocycles. The van der Waals surface area contributed by atoms with Crippen molar-refractivity contribution in [2.75, 3.05) is 36.8 Å². The third-order valence-corrected chi connectivity index (χ3v) is 5.41. The molecule has 1 heterocycles. The van der Waals surface area contributed by atoms with Crippen molar-refractivity contribution < 1.29 is 8.42 Å². The molecule has 1 aromatic rings. The van der Waals surface area contributed by atoms with Crippen molar-refractivity contribution in [1.82, 2.24) is 9.03 Å². The number of anilines is 2. The topological polar surface area (TPSA) is 78.7 Å². The quantitative estimate of drug-likeness (QED) is 0.788. The van der Waals surface area contributed by atoms with Crippen LogP contribution in [0, 0.1) is 0 Å². The average molecular weight is 296 g/mol. The van der Waals surface area contributed by atoms with Gasteiger partial charge in [0.1, 0.15) is 0 Å². The number of nitrogen functional groups attached to an aromatic ring is 1. The molecule has 0 amide bonds. The van der Waals surface area contributed by atoms with Gasteiger partial charge in [-0.3, -0.25) is 0 Å². The highest BCUT2D eigenvalue weighted by atomic mass is 32.2. The SMILES string of the molecule is Nc1ccc(N2CCN(S(=O)(=O)NC3CC3)CC2)cc1. The Morgan fingerprint density at radius 2 is 1.65 bits per heavy atom. The second-order valence-electron chi connectivity index (χ2n) is 5.37. The van der Waals surface area contributed by atoms with Gasteiger partial charge in [-0.25, -0.2) is 0 Å². The molecule has 0 aromatic heterocycles. The highest BCUT2D eigenvalue weighted by Gasteiger charge is 2.32. The van der Waals surface area contributed by atoms with Crippen LogP contribution in [-0.2, 0) is 10.2 Å². The van der Waals surface area contributed by atoms with Crippen LogP contribution in [0.1, 0.15) is 12.8 Å². The Bertz CT molecular complexity index is 561. The van der Waals surface area contributed by atoms with Crippen molar-refractivity contribution in [2.45, 2.75) is 18.9 Å². The lowest BCUT2D eigenvalue weighted by molar-refractivity contribution is 0.378. The molecule has 0 spiro atoms. The molecule has 1 saturated heterocycles. The molecule has 2 aliphatic rings. The van der Waals surface area contributed by atoms with E-state index in [1.165, 1.54) is 0 Å². The minimum atomic E-state index is -3.30. The van der Waals surface area contributed by atoms with Crippen LogP contribution >= 0.6 is 0 Å². The summed E-state index contributed by atoms with van der Waals surface area (Å²) in [6, 6.07) is 7.85. The summed E-state index contributed by atoms with van der Waals surface area (Å²) < 4.78 is 28.5. The number of rotatable bonds is 4. The first-order valence-corrected chi connectivity index (χ1v) is 8.36. The molecule has 110 valence electrons. The molecule has 0 unspecified atom stereocenters. The predicted molar refractivity (Wildman–Crippen MR) is 79.7 cm³/mol. The first kappa shape index (κ1) is 13.7.